The summed E-state index contributed by atoms with van der Waals surface area (Å²) in [6, 6.07) is 3.64. The first-order valence-corrected chi connectivity index (χ1v) is 6.04. The molecule has 4 nitrogen and oxygen atoms in total. The summed E-state index contributed by atoms with van der Waals surface area (Å²) >= 11 is 0. The van der Waals surface area contributed by atoms with E-state index in [1.165, 1.54) is 0 Å². The van der Waals surface area contributed by atoms with E-state index >= 15 is 0 Å². The van der Waals surface area contributed by atoms with E-state index in [9.17, 15) is 4.79 Å². The van der Waals surface area contributed by atoms with Crippen LogP contribution in [0.1, 0.15) is 37.0 Å². The summed E-state index contributed by atoms with van der Waals surface area (Å²) in [5.41, 5.74) is 0.300. The summed E-state index contributed by atoms with van der Waals surface area (Å²) < 4.78 is 0. The third-order valence-electron chi connectivity index (χ3n) is 3.43. The monoisotopic (exact) mass is 234 g/mol. The topological polar surface area (TPSA) is 53.4 Å². The van der Waals surface area contributed by atoms with Crippen LogP contribution < -0.4 is 4.90 Å². The highest BCUT2D eigenvalue weighted by molar-refractivity contribution is 5.93. The molecule has 0 spiro atoms. The summed E-state index contributed by atoms with van der Waals surface area (Å²) in [6.07, 6.45) is 3.85. The molecule has 0 aliphatic carbocycles. The van der Waals surface area contributed by atoms with E-state index in [1.54, 1.807) is 18.3 Å². The van der Waals surface area contributed by atoms with E-state index in [2.05, 4.69) is 23.7 Å². The van der Waals surface area contributed by atoms with Crippen LogP contribution >= 0.6 is 0 Å². The number of carboxylic acid groups (broad SMARTS) is 1. The number of piperidine rings is 1. The molecule has 2 unspecified atom stereocenters. The van der Waals surface area contributed by atoms with Crippen LogP contribution in [0.2, 0.25) is 0 Å². The molecular formula is C13H18N2O2. The Morgan fingerprint density at radius 2 is 2.29 bits per heavy atom. The highest BCUT2D eigenvalue weighted by Crippen LogP contribution is 2.28. The molecule has 2 rings (SSSR count). The first kappa shape index (κ1) is 11.9. The van der Waals surface area contributed by atoms with Crippen molar-refractivity contribution in [2.75, 3.05) is 11.4 Å². The van der Waals surface area contributed by atoms with Gasteiger partial charge in [0.2, 0.25) is 0 Å². The zero-order valence-electron chi connectivity index (χ0n) is 10.3. The van der Waals surface area contributed by atoms with Crippen molar-refractivity contribution in [2.24, 2.45) is 5.92 Å². The minimum absolute atomic E-state index is 0.300. The number of aromatic carboxylic acids is 1. The van der Waals surface area contributed by atoms with E-state index < -0.39 is 5.97 Å². The summed E-state index contributed by atoms with van der Waals surface area (Å²) in [7, 11) is 0. The summed E-state index contributed by atoms with van der Waals surface area (Å²) in [6.45, 7) is 5.26. The van der Waals surface area contributed by atoms with Gasteiger partial charge in [0.1, 0.15) is 11.4 Å². The van der Waals surface area contributed by atoms with Gasteiger partial charge in [-0.1, -0.05) is 6.92 Å². The Labute approximate surface area is 101 Å². The number of carbonyl (C=O) groups is 1. The second-order valence-electron chi connectivity index (χ2n) is 4.85. The molecule has 0 radical (unpaired) electrons. The summed E-state index contributed by atoms with van der Waals surface area (Å²) in [5.74, 6) is 0.413. The number of carboxylic acids is 1. The molecule has 0 saturated carbocycles. The van der Waals surface area contributed by atoms with Gasteiger partial charge in [0.25, 0.3) is 0 Å². The quantitative estimate of drug-likeness (QED) is 0.853. The molecule has 1 N–H and O–H groups in total. The minimum atomic E-state index is -0.904. The van der Waals surface area contributed by atoms with Gasteiger partial charge in [-0.25, -0.2) is 9.78 Å². The smallest absolute Gasteiger partial charge is 0.339 e. The number of nitrogens with zero attached hydrogens (tertiary/aromatic N) is 2. The van der Waals surface area contributed by atoms with Crippen molar-refractivity contribution in [1.29, 1.82) is 0 Å². The predicted octanol–water partition coefficient (Wildman–Crippen LogP) is 2.40. The Balaban J connectivity index is 2.30. The van der Waals surface area contributed by atoms with Crippen LogP contribution in [0.3, 0.4) is 0 Å². The van der Waals surface area contributed by atoms with Gasteiger partial charge in [0.15, 0.2) is 0 Å². The van der Waals surface area contributed by atoms with Crippen molar-refractivity contribution in [1.82, 2.24) is 4.98 Å². The van der Waals surface area contributed by atoms with Crippen LogP contribution in [0.5, 0.6) is 0 Å². The Bertz CT molecular complexity index is 420. The third-order valence-corrected chi connectivity index (χ3v) is 3.43. The van der Waals surface area contributed by atoms with E-state index in [0.717, 1.165) is 19.4 Å². The molecule has 17 heavy (non-hydrogen) atoms. The van der Waals surface area contributed by atoms with Gasteiger partial charge < -0.3 is 10.0 Å². The lowest BCUT2D eigenvalue weighted by Gasteiger charge is -2.37. The van der Waals surface area contributed by atoms with Crippen LogP contribution in [0.25, 0.3) is 0 Å². The van der Waals surface area contributed by atoms with Crippen molar-refractivity contribution < 1.29 is 9.90 Å². The molecule has 1 aliphatic heterocycles. The van der Waals surface area contributed by atoms with Gasteiger partial charge in [-0.2, -0.15) is 0 Å². The van der Waals surface area contributed by atoms with Gasteiger partial charge in [-0.15, -0.1) is 0 Å². The Morgan fingerprint density at radius 1 is 1.53 bits per heavy atom. The summed E-state index contributed by atoms with van der Waals surface area (Å²) in [4.78, 5) is 17.5. The van der Waals surface area contributed by atoms with Crippen LogP contribution in [-0.4, -0.2) is 28.6 Å². The molecule has 2 heterocycles. The van der Waals surface area contributed by atoms with E-state index in [-0.39, 0.29) is 0 Å². The van der Waals surface area contributed by atoms with Crippen molar-refractivity contribution in [2.45, 2.75) is 32.7 Å². The van der Waals surface area contributed by atoms with Gasteiger partial charge in [0, 0.05) is 18.8 Å². The maximum atomic E-state index is 11.2. The first-order valence-electron chi connectivity index (χ1n) is 6.04. The van der Waals surface area contributed by atoms with Gasteiger partial charge >= 0.3 is 5.97 Å². The Hall–Kier alpha value is -1.58. The number of aromatic nitrogens is 1. The molecule has 92 valence electrons. The van der Waals surface area contributed by atoms with Crippen molar-refractivity contribution in [3.63, 3.8) is 0 Å². The number of anilines is 1. The van der Waals surface area contributed by atoms with Crippen LogP contribution in [0, 0.1) is 5.92 Å². The van der Waals surface area contributed by atoms with Gasteiger partial charge in [-0.3, -0.25) is 0 Å². The maximum absolute atomic E-state index is 11.2. The molecule has 1 aromatic heterocycles. The lowest BCUT2D eigenvalue weighted by atomic mass is 9.93. The average molecular weight is 234 g/mol. The van der Waals surface area contributed by atoms with Crippen LogP contribution in [0.4, 0.5) is 5.82 Å². The molecule has 0 amide bonds. The molecule has 1 aromatic rings. The third kappa shape index (κ3) is 2.40. The zero-order chi connectivity index (χ0) is 12.4. The van der Waals surface area contributed by atoms with Crippen molar-refractivity contribution >= 4 is 11.8 Å². The standard InChI is InChI=1S/C13H18N2O2/c1-9-5-7-15(10(2)8-9)12-11(13(16)17)4-3-6-14-12/h3-4,6,9-10H,5,7-8H2,1-2H3,(H,16,17). The Morgan fingerprint density at radius 3 is 2.94 bits per heavy atom. The van der Waals surface area contributed by atoms with Crippen LogP contribution in [0.15, 0.2) is 18.3 Å². The van der Waals surface area contributed by atoms with Gasteiger partial charge in [0.05, 0.1) is 0 Å². The van der Waals surface area contributed by atoms with Crippen molar-refractivity contribution in [3.8, 4) is 0 Å². The number of rotatable bonds is 2. The average Bonchev–Trinajstić information content (AvgIpc) is 2.29. The highest BCUT2D eigenvalue weighted by Gasteiger charge is 2.26. The molecule has 1 aliphatic rings. The van der Waals surface area contributed by atoms with E-state index in [1.807, 2.05) is 0 Å². The Kier molecular flexibility index (Phi) is 3.31. The molecular weight excluding hydrogens is 216 g/mol. The predicted molar refractivity (Wildman–Crippen MR) is 66.4 cm³/mol. The lowest BCUT2D eigenvalue weighted by Crippen LogP contribution is -2.41. The minimum Gasteiger partial charge on any atom is -0.478 e. The zero-order valence-corrected chi connectivity index (χ0v) is 10.3. The molecule has 4 heteroatoms. The normalized spacial score (nSPS) is 24.7. The molecule has 1 saturated heterocycles. The number of hydrogen-bond donors (Lipinski definition) is 1. The fourth-order valence-electron chi connectivity index (χ4n) is 2.51. The fraction of sp³-hybridized carbons (Fsp3) is 0.538. The number of pyridine rings is 1. The fourth-order valence-corrected chi connectivity index (χ4v) is 2.51. The van der Waals surface area contributed by atoms with E-state index in [4.69, 9.17) is 5.11 Å². The number of hydrogen-bond acceptors (Lipinski definition) is 3. The first-order chi connectivity index (χ1) is 8.09. The summed E-state index contributed by atoms with van der Waals surface area (Å²) in [5, 5.41) is 9.17. The maximum Gasteiger partial charge on any atom is 0.339 e. The molecule has 0 aromatic carbocycles. The van der Waals surface area contributed by atoms with Gasteiger partial charge in [-0.05, 0) is 37.8 Å². The lowest BCUT2D eigenvalue weighted by molar-refractivity contribution is 0.0697. The van der Waals surface area contributed by atoms with Crippen LogP contribution in [-0.2, 0) is 0 Å². The second-order valence-corrected chi connectivity index (χ2v) is 4.85. The highest BCUT2D eigenvalue weighted by atomic mass is 16.4. The SMILES string of the molecule is CC1CCN(c2ncccc2C(=O)O)C(C)C1. The molecule has 0 bridgehead atoms. The van der Waals surface area contributed by atoms with Crippen molar-refractivity contribution in [3.05, 3.63) is 23.9 Å². The molecule has 1 fully saturated rings. The largest absolute Gasteiger partial charge is 0.478 e. The van der Waals surface area contributed by atoms with E-state index in [0.29, 0.717) is 23.3 Å². The molecule has 2 atom stereocenters. The second kappa shape index (κ2) is 4.73.